The third kappa shape index (κ3) is 2.12. The third-order valence-electron chi connectivity index (χ3n) is 2.72. The van der Waals surface area contributed by atoms with Gasteiger partial charge in [-0.3, -0.25) is 0 Å². The maximum atomic E-state index is 6.07. The molecule has 0 atom stereocenters. The van der Waals surface area contributed by atoms with Gasteiger partial charge < -0.3 is 9.84 Å². The summed E-state index contributed by atoms with van der Waals surface area (Å²) in [6.45, 7) is 4.22. The van der Waals surface area contributed by atoms with Gasteiger partial charge >= 0.3 is 0 Å². The summed E-state index contributed by atoms with van der Waals surface area (Å²) < 4.78 is 6.62. The quantitative estimate of drug-likeness (QED) is 0.738. The Morgan fingerprint density at radius 3 is 3.00 bits per heavy atom. The fraction of sp³-hybridized carbons (Fsp3) is 0.273. The minimum Gasteiger partial charge on any atom is -0.364 e. The zero-order valence-electron chi connectivity index (χ0n) is 10.4. The highest BCUT2D eigenvalue weighted by Gasteiger charge is 2.12. The number of nitrogens with one attached hydrogen (secondary N) is 1. The van der Waals surface area contributed by atoms with Gasteiger partial charge in [-0.05, 0) is 13.8 Å². The number of hydrogen-bond donors (Lipinski definition) is 1. The van der Waals surface area contributed by atoms with E-state index in [1.807, 2.05) is 19.9 Å². The number of nitrogens with zero attached hydrogens (tertiary/aromatic N) is 5. The molecule has 1 N–H and O–H groups in total. The highest BCUT2D eigenvalue weighted by Crippen LogP contribution is 2.22. The molecule has 3 aromatic heterocycles. The van der Waals surface area contributed by atoms with E-state index in [9.17, 15) is 0 Å². The van der Waals surface area contributed by atoms with E-state index in [0.29, 0.717) is 17.5 Å². The van der Waals surface area contributed by atoms with Gasteiger partial charge in [0.25, 0.3) is 5.78 Å². The molecule has 0 saturated heterocycles. The molecule has 98 valence electrons. The Morgan fingerprint density at radius 2 is 2.26 bits per heavy atom. The molecule has 0 bridgehead atoms. The Bertz CT molecular complexity index is 734. The first-order chi connectivity index (χ1) is 9.15. The Kier molecular flexibility index (Phi) is 2.83. The van der Waals surface area contributed by atoms with Gasteiger partial charge in [-0.25, -0.2) is 0 Å². The lowest BCUT2D eigenvalue weighted by Gasteiger charge is -2.10. The molecule has 19 heavy (non-hydrogen) atoms. The fourth-order valence-corrected chi connectivity index (χ4v) is 1.95. The van der Waals surface area contributed by atoms with Crippen LogP contribution in [0.5, 0.6) is 0 Å². The lowest BCUT2D eigenvalue weighted by atomic mass is 10.3. The van der Waals surface area contributed by atoms with Crippen molar-refractivity contribution >= 4 is 23.2 Å². The smallest absolute Gasteiger partial charge is 0.255 e. The van der Waals surface area contributed by atoms with Gasteiger partial charge in [-0.1, -0.05) is 16.8 Å². The fourth-order valence-electron chi connectivity index (χ4n) is 1.78. The van der Waals surface area contributed by atoms with E-state index >= 15 is 0 Å². The maximum Gasteiger partial charge on any atom is 0.255 e. The highest BCUT2D eigenvalue weighted by molar-refractivity contribution is 6.30. The average Bonchev–Trinajstić information content (AvgIpc) is 2.99. The van der Waals surface area contributed by atoms with Gasteiger partial charge in [0, 0.05) is 11.6 Å². The Morgan fingerprint density at radius 1 is 1.42 bits per heavy atom. The second kappa shape index (κ2) is 4.51. The average molecular weight is 279 g/mol. The van der Waals surface area contributed by atoms with Gasteiger partial charge in [0.05, 0.1) is 6.54 Å². The summed E-state index contributed by atoms with van der Waals surface area (Å²) in [6.07, 6.45) is 1.43. The van der Waals surface area contributed by atoms with Crippen LogP contribution in [0, 0.1) is 13.8 Å². The number of halogens is 1. The molecule has 0 fully saturated rings. The van der Waals surface area contributed by atoms with Gasteiger partial charge in [-0.15, -0.1) is 0 Å². The topological polar surface area (TPSA) is 81.1 Å². The van der Waals surface area contributed by atoms with Crippen molar-refractivity contribution in [3.63, 3.8) is 0 Å². The van der Waals surface area contributed by atoms with Crippen LogP contribution in [-0.4, -0.2) is 24.7 Å². The van der Waals surface area contributed by atoms with Crippen LogP contribution in [-0.2, 0) is 6.54 Å². The first-order valence-electron chi connectivity index (χ1n) is 5.67. The summed E-state index contributed by atoms with van der Waals surface area (Å²) in [5, 5.41) is 11.7. The van der Waals surface area contributed by atoms with Gasteiger partial charge in [-0.2, -0.15) is 19.6 Å². The third-order valence-corrected chi connectivity index (χ3v) is 3.09. The van der Waals surface area contributed by atoms with Crippen LogP contribution in [0.1, 0.15) is 17.0 Å². The van der Waals surface area contributed by atoms with Crippen molar-refractivity contribution in [1.29, 1.82) is 0 Å². The predicted molar refractivity (Wildman–Crippen MR) is 69.1 cm³/mol. The van der Waals surface area contributed by atoms with Crippen molar-refractivity contribution in [1.82, 2.24) is 24.7 Å². The number of aromatic nitrogens is 5. The molecule has 3 rings (SSSR count). The molecule has 0 aliphatic heterocycles. The summed E-state index contributed by atoms with van der Waals surface area (Å²) in [5.74, 6) is 1.97. The molecule has 0 radical (unpaired) electrons. The van der Waals surface area contributed by atoms with E-state index in [0.717, 1.165) is 22.8 Å². The maximum absolute atomic E-state index is 6.07. The first-order valence-corrected chi connectivity index (χ1v) is 6.05. The van der Waals surface area contributed by atoms with Crippen LogP contribution in [0.25, 0.3) is 5.78 Å². The van der Waals surface area contributed by atoms with Crippen molar-refractivity contribution in [3.8, 4) is 0 Å². The molecular weight excluding hydrogens is 268 g/mol. The molecule has 0 unspecified atom stereocenters. The molecule has 3 aromatic rings. The van der Waals surface area contributed by atoms with E-state index in [2.05, 4.69) is 25.5 Å². The number of rotatable bonds is 3. The molecule has 7 nitrogen and oxygen atoms in total. The van der Waals surface area contributed by atoms with Crippen LogP contribution < -0.4 is 5.32 Å². The lowest BCUT2D eigenvalue weighted by Crippen LogP contribution is -2.09. The van der Waals surface area contributed by atoms with Crippen LogP contribution in [0.15, 0.2) is 16.9 Å². The van der Waals surface area contributed by atoms with Crippen molar-refractivity contribution in [2.75, 3.05) is 5.32 Å². The summed E-state index contributed by atoms with van der Waals surface area (Å²) in [7, 11) is 0. The minimum atomic E-state index is 0.402. The van der Waals surface area contributed by atoms with E-state index < -0.39 is 0 Å². The number of anilines is 1. The Balaban J connectivity index is 1.95. The monoisotopic (exact) mass is 278 g/mol. The molecule has 0 aliphatic carbocycles. The molecule has 0 spiro atoms. The van der Waals surface area contributed by atoms with Gasteiger partial charge in [0.1, 0.15) is 28.8 Å². The molecule has 0 amide bonds. The molecule has 8 heteroatoms. The Labute approximate surface area is 113 Å². The second-order valence-electron chi connectivity index (χ2n) is 4.13. The lowest BCUT2D eigenvalue weighted by molar-refractivity contribution is 0.391. The zero-order valence-corrected chi connectivity index (χ0v) is 11.1. The number of fused-ring (bicyclic) bond motifs is 1. The van der Waals surface area contributed by atoms with Crippen molar-refractivity contribution in [2.45, 2.75) is 20.4 Å². The van der Waals surface area contributed by atoms with Crippen LogP contribution in [0.3, 0.4) is 0 Å². The van der Waals surface area contributed by atoms with E-state index in [1.54, 1.807) is 4.52 Å². The standard InChI is InChI=1S/C11H11ClN6O/c1-6-3-8(17-19-6)4-13-10-7(2)9(12)16-11-14-5-15-18(10)11/h3,5,13H,4H2,1-2H3. The molecular formula is C11H11ClN6O. The minimum absolute atomic E-state index is 0.402. The zero-order chi connectivity index (χ0) is 13.4. The molecule has 0 aromatic carbocycles. The Hall–Kier alpha value is -2.15. The SMILES string of the molecule is Cc1cc(CNc2c(C)c(Cl)nc3ncnn23)no1. The van der Waals surface area contributed by atoms with E-state index in [1.165, 1.54) is 6.33 Å². The van der Waals surface area contributed by atoms with Gasteiger partial charge in [0.2, 0.25) is 0 Å². The molecule has 3 heterocycles. The second-order valence-corrected chi connectivity index (χ2v) is 4.49. The first kappa shape index (κ1) is 11.9. The number of aryl methyl sites for hydroxylation is 1. The summed E-state index contributed by atoms with van der Waals surface area (Å²) >= 11 is 6.07. The summed E-state index contributed by atoms with van der Waals surface area (Å²) in [5.41, 5.74) is 1.61. The molecule has 0 saturated carbocycles. The summed E-state index contributed by atoms with van der Waals surface area (Å²) in [4.78, 5) is 8.16. The highest BCUT2D eigenvalue weighted by atomic mass is 35.5. The van der Waals surface area contributed by atoms with Gasteiger partial charge in [0.15, 0.2) is 0 Å². The normalized spacial score (nSPS) is 11.1. The van der Waals surface area contributed by atoms with Crippen LogP contribution in [0.2, 0.25) is 5.15 Å². The predicted octanol–water partition coefficient (Wildman–Crippen LogP) is 1.99. The summed E-state index contributed by atoms with van der Waals surface area (Å²) in [6, 6.07) is 1.86. The van der Waals surface area contributed by atoms with Crippen molar-refractivity contribution in [2.24, 2.45) is 0 Å². The van der Waals surface area contributed by atoms with Crippen molar-refractivity contribution < 1.29 is 4.52 Å². The largest absolute Gasteiger partial charge is 0.364 e. The van der Waals surface area contributed by atoms with Crippen LogP contribution >= 0.6 is 11.6 Å². The van der Waals surface area contributed by atoms with Crippen molar-refractivity contribution in [3.05, 3.63) is 34.6 Å². The van der Waals surface area contributed by atoms with E-state index in [4.69, 9.17) is 16.1 Å². The van der Waals surface area contributed by atoms with Crippen LogP contribution in [0.4, 0.5) is 5.82 Å². The number of hydrogen-bond acceptors (Lipinski definition) is 6. The van der Waals surface area contributed by atoms with E-state index in [-0.39, 0.29) is 0 Å². The molecule has 0 aliphatic rings.